The van der Waals surface area contributed by atoms with E-state index in [1.807, 2.05) is 12.1 Å². The number of hydrogen-bond acceptors (Lipinski definition) is 4. The van der Waals surface area contributed by atoms with Gasteiger partial charge in [0, 0.05) is 23.1 Å². The second kappa shape index (κ2) is 11.5. The molecule has 0 unspecified atom stereocenters. The van der Waals surface area contributed by atoms with Gasteiger partial charge in [0.15, 0.2) is 5.13 Å². The molecule has 30 heavy (non-hydrogen) atoms. The highest BCUT2D eigenvalue weighted by Gasteiger charge is 2.10. The number of rotatable bonds is 11. The van der Waals surface area contributed by atoms with Crippen molar-refractivity contribution in [1.82, 2.24) is 4.98 Å². The maximum atomic E-state index is 13.0. The lowest BCUT2D eigenvalue weighted by molar-refractivity contribution is 0.102. The van der Waals surface area contributed by atoms with Crippen LogP contribution < -0.4 is 10.1 Å². The first-order chi connectivity index (χ1) is 14.6. The standard InChI is InChI=1S/C24H27FN2O2S/c1-2-3-4-5-6-15-29-21-13-9-19(10-14-21)23(28)27-24-26-17-22(30-24)16-18-7-11-20(25)12-8-18/h7-14,17H,2-6,15-16H2,1H3,(H,26,27,28). The van der Waals surface area contributed by atoms with Gasteiger partial charge in [-0.2, -0.15) is 0 Å². The summed E-state index contributed by atoms with van der Waals surface area (Å²) in [7, 11) is 0. The number of thiazole rings is 1. The van der Waals surface area contributed by atoms with E-state index in [-0.39, 0.29) is 11.7 Å². The summed E-state index contributed by atoms with van der Waals surface area (Å²) in [6.07, 6.45) is 8.39. The number of carbonyl (C=O) groups excluding carboxylic acids is 1. The first-order valence-electron chi connectivity index (χ1n) is 10.4. The molecule has 0 atom stereocenters. The number of carbonyl (C=O) groups is 1. The van der Waals surface area contributed by atoms with Crippen molar-refractivity contribution in [3.8, 4) is 5.75 Å². The number of anilines is 1. The molecular formula is C24H27FN2O2S. The summed E-state index contributed by atoms with van der Waals surface area (Å²) in [5.74, 6) is 0.320. The SMILES string of the molecule is CCCCCCCOc1ccc(C(=O)Nc2ncc(Cc3ccc(F)cc3)s2)cc1. The molecule has 0 aliphatic rings. The van der Waals surface area contributed by atoms with Gasteiger partial charge in [-0.15, -0.1) is 11.3 Å². The predicted octanol–water partition coefficient (Wildman–Crippen LogP) is 6.47. The molecule has 0 saturated heterocycles. The molecule has 0 radical (unpaired) electrons. The molecule has 6 heteroatoms. The average molecular weight is 427 g/mol. The minimum Gasteiger partial charge on any atom is -0.494 e. The lowest BCUT2D eigenvalue weighted by atomic mass is 10.1. The summed E-state index contributed by atoms with van der Waals surface area (Å²) in [5, 5.41) is 3.38. The highest BCUT2D eigenvalue weighted by Crippen LogP contribution is 2.22. The van der Waals surface area contributed by atoms with Crippen LogP contribution in [-0.2, 0) is 6.42 Å². The number of amides is 1. The molecule has 0 aliphatic heterocycles. The Morgan fingerprint density at radius 1 is 1.03 bits per heavy atom. The van der Waals surface area contributed by atoms with Gasteiger partial charge >= 0.3 is 0 Å². The lowest BCUT2D eigenvalue weighted by Crippen LogP contribution is -2.11. The zero-order valence-corrected chi connectivity index (χ0v) is 18.0. The Morgan fingerprint density at radius 3 is 2.50 bits per heavy atom. The van der Waals surface area contributed by atoms with Crippen molar-refractivity contribution in [2.24, 2.45) is 0 Å². The Labute approximate surface area is 181 Å². The minimum atomic E-state index is -0.251. The molecule has 3 aromatic rings. The zero-order chi connectivity index (χ0) is 21.2. The minimum absolute atomic E-state index is 0.205. The van der Waals surface area contributed by atoms with Crippen molar-refractivity contribution in [3.63, 3.8) is 0 Å². The van der Waals surface area contributed by atoms with E-state index >= 15 is 0 Å². The molecule has 1 aromatic heterocycles. The Hall–Kier alpha value is -2.73. The third-order valence-corrected chi connectivity index (χ3v) is 5.61. The van der Waals surface area contributed by atoms with Crippen molar-refractivity contribution in [3.05, 3.63) is 76.5 Å². The van der Waals surface area contributed by atoms with Crippen LogP contribution in [0, 0.1) is 5.82 Å². The van der Waals surface area contributed by atoms with Gasteiger partial charge in [-0.05, 0) is 48.4 Å². The van der Waals surface area contributed by atoms with Gasteiger partial charge in [0.05, 0.1) is 6.61 Å². The molecule has 1 amide bonds. The quantitative estimate of drug-likeness (QED) is 0.357. The maximum absolute atomic E-state index is 13.0. The van der Waals surface area contributed by atoms with Crippen molar-refractivity contribution < 1.29 is 13.9 Å². The topological polar surface area (TPSA) is 51.2 Å². The number of aromatic nitrogens is 1. The Morgan fingerprint density at radius 2 is 1.77 bits per heavy atom. The molecular weight excluding hydrogens is 399 g/mol. The second-order valence-electron chi connectivity index (χ2n) is 7.18. The van der Waals surface area contributed by atoms with Gasteiger partial charge in [-0.1, -0.05) is 44.7 Å². The summed E-state index contributed by atoms with van der Waals surface area (Å²) >= 11 is 1.42. The third kappa shape index (κ3) is 6.95. The van der Waals surface area contributed by atoms with Crippen LogP contribution in [0.3, 0.4) is 0 Å². The Balaban J connectivity index is 1.46. The molecule has 0 fully saturated rings. The molecule has 1 heterocycles. The Bertz CT molecular complexity index is 923. The first-order valence-corrected chi connectivity index (χ1v) is 11.2. The van der Waals surface area contributed by atoms with E-state index in [0.717, 1.165) is 22.6 Å². The number of nitrogens with zero attached hydrogens (tertiary/aromatic N) is 1. The van der Waals surface area contributed by atoms with Gasteiger partial charge in [-0.25, -0.2) is 9.37 Å². The van der Waals surface area contributed by atoms with E-state index in [2.05, 4.69) is 17.2 Å². The van der Waals surface area contributed by atoms with Crippen LogP contribution in [0.15, 0.2) is 54.7 Å². The third-order valence-electron chi connectivity index (χ3n) is 4.70. The molecule has 158 valence electrons. The summed E-state index contributed by atoms with van der Waals surface area (Å²) < 4.78 is 18.8. The van der Waals surface area contributed by atoms with Gasteiger partial charge in [0.25, 0.3) is 5.91 Å². The van der Waals surface area contributed by atoms with Crippen molar-refractivity contribution in [1.29, 1.82) is 0 Å². The van der Waals surface area contributed by atoms with Crippen LogP contribution in [0.25, 0.3) is 0 Å². The van der Waals surface area contributed by atoms with Crippen molar-refractivity contribution in [2.45, 2.75) is 45.4 Å². The van der Waals surface area contributed by atoms with Gasteiger partial charge in [0.1, 0.15) is 11.6 Å². The van der Waals surface area contributed by atoms with Crippen molar-refractivity contribution in [2.75, 3.05) is 11.9 Å². The van der Waals surface area contributed by atoms with Gasteiger partial charge in [-0.3, -0.25) is 10.1 Å². The van der Waals surface area contributed by atoms with E-state index in [1.165, 1.54) is 49.2 Å². The largest absolute Gasteiger partial charge is 0.494 e. The van der Waals surface area contributed by atoms with Crippen LogP contribution in [0.1, 0.15) is 59.8 Å². The molecule has 3 rings (SSSR count). The normalized spacial score (nSPS) is 10.7. The van der Waals surface area contributed by atoms with E-state index in [9.17, 15) is 9.18 Å². The predicted molar refractivity (Wildman–Crippen MR) is 120 cm³/mol. The second-order valence-corrected chi connectivity index (χ2v) is 8.29. The summed E-state index contributed by atoms with van der Waals surface area (Å²) in [5.41, 5.74) is 1.56. The molecule has 2 aromatic carbocycles. The molecule has 4 nitrogen and oxygen atoms in total. The monoisotopic (exact) mass is 426 g/mol. The maximum Gasteiger partial charge on any atom is 0.257 e. The van der Waals surface area contributed by atoms with Gasteiger partial charge < -0.3 is 4.74 Å². The Kier molecular flexibility index (Phi) is 8.39. The molecule has 0 spiro atoms. The number of benzene rings is 2. The number of unbranched alkanes of at least 4 members (excludes halogenated alkanes) is 4. The number of nitrogens with one attached hydrogen (secondary N) is 1. The van der Waals surface area contributed by atoms with Crippen molar-refractivity contribution >= 4 is 22.4 Å². The van der Waals surface area contributed by atoms with E-state index in [1.54, 1.807) is 30.5 Å². The average Bonchev–Trinajstić information content (AvgIpc) is 3.19. The fourth-order valence-electron chi connectivity index (χ4n) is 3.02. The molecule has 0 saturated carbocycles. The molecule has 0 bridgehead atoms. The number of ether oxygens (including phenoxy) is 1. The van der Waals surface area contributed by atoms with Crippen LogP contribution in [-0.4, -0.2) is 17.5 Å². The zero-order valence-electron chi connectivity index (χ0n) is 17.2. The highest BCUT2D eigenvalue weighted by atomic mass is 32.1. The first kappa shape index (κ1) is 22.0. The fraction of sp³-hybridized carbons (Fsp3) is 0.333. The number of halogens is 1. The van der Waals surface area contributed by atoms with E-state index < -0.39 is 0 Å². The highest BCUT2D eigenvalue weighted by molar-refractivity contribution is 7.15. The van der Waals surface area contributed by atoms with E-state index in [4.69, 9.17) is 4.74 Å². The molecule has 1 N–H and O–H groups in total. The van der Waals surface area contributed by atoms with Crippen LogP contribution in [0.4, 0.5) is 9.52 Å². The summed E-state index contributed by atoms with van der Waals surface area (Å²) in [6.45, 7) is 2.90. The van der Waals surface area contributed by atoms with Gasteiger partial charge in [0.2, 0.25) is 0 Å². The fourth-order valence-corrected chi connectivity index (χ4v) is 3.86. The van der Waals surface area contributed by atoms with Crippen LogP contribution >= 0.6 is 11.3 Å². The summed E-state index contributed by atoms with van der Waals surface area (Å²) in [6, 6.07) is 13.6. The smallest absolute Gasteiger partial charge is 0.257 e. The van der Waals surface area contributed by atoms with Crippen LogP contribution in [0.2, 0.25) is 0 Å². The van der Waals surface area contributed by atoms with Crippen LogP contribution in [0.5, 0.6) is 5.75 Å². The summed E-state index contributed by atoms with van der Waals surface area (Å²) in [4.78, 5) is 17.7. The number of hydrogen-bond donors (Lipinski definition) is 1. The molecule has 0 aliphatic carbocycles. The van der Waals surface area contributed by atoms with E-state index in [0.29, 0.717) is 23.7 Å². The lowest BCUT2D eigenvalue weighted by Gasteiger charge is -2.07.